The predicted octanol–water partition coefficient (Wildman–Crippen LogP) is 12.0. The van der Waals surface area contributed by atoms with Crippen LogP contribution in [0.2, 0.25) is 0 Å². The van der Waals surface area contributed by atoms with Crippen LogP contribution in [0.25, 0.3) is 22.4 Å². The summed E-state index contributed by atoms with van der Waals surface area (Å²) in [4.78, 5) is 55.7. The molecule has 0 bridgehead atoms. The number of rotatable bonds is 11. The molecule has 0 radical (unpaired) electrons. The Bertz CT molecular complexity index is 3340. The van der Waals surface area contributed by atoms with Crippen molar-refractivity contribution in [3.05, 3.63) is 216 Å². The zero-order valence-electron chi connectivity index (χ0n) is 43.2. The Balaban J connectivity index is 0.000000182. The van der Waals surface area contributed by atoms with Crippen molar-refractivity contribution >= 4 is 46.6 Å². The van der Waals surface area contributed by atoms with Gasteiger partial charge in [0, 0.05) is 69.2 Å². The van der Waals surface area contributed by atoms with E-state index in [1.165, 1.54) is 18.4 Å². The van der Waals surface area contributed by atoms with E-state index in [1.807, 2.05) is 80.7 Å². The highest BCUT2D eigenvalue weighted by atomic mass is 19.4. The number of fused-ring (bicyclic) bond motifs is 2. The van der Waals surface area contributed by atoms with Crippen molar-refractivity contribution in [2.75, 3.05) is 13.1 Å². The van der Waals surface area contributed by atoms with Gasteiger partial charge in [0.2, 0.25) is 6.29 Å². The number of halogens is 3. The van der Waals surface area contributed by atoms with Gasteiger partial charge in [0.15, 0.2) is 11.3 Å². The largest absolute Gasteiger partial charge is 0.469 e. The topological polar surface area (TPSA) is 193 Å². The number of aryl methyl sites for hydroxylation is 4. The number of hydrogen-bond donors (Lipinski definition) is 0. The molecule has 9 aromatic rings. The van der Waals surface area contributed by atoms with Crippen LogP contribution in [0.5, 0.6) is 0 Å². The Morgan fingerprint density at radius 1 is 0.654 bits per heavy atom. The van der Waals surface area contributed by atoms with Crippen LogP contribution in [0.15, 0.2) is 174 Å². The Morgan fingerprint density at radius 3 is 1.51 bits per heavy atom. The number of carbonyl (C=O) groups excluding carboxylic acids is 4. The molecular weight excluding hydrogens is 1000 g/mol. The van der Waals surface area contributed by atoms with Crippen LogP contribution in [0, 0.1) is 0 Å². The number of benzene rings is 3. The molecule has 78 heavy (non-hydrogen) atoms. The van der Waals surface area contributed by atoms with Crippen LogP contribution in [0.4, 0.5) is 13.2 Å². The van der Waals surface area contributed by atoms with E-state index in [-0.39, 0.29) is 13.3 Å². The van der Waals surface area contributed by atoms with Gasteiger partial charge in [-0.2, -0.15) is 13.2 Å². The third-order valence-corrected chi connectivity index (χ3v) is 12.0. The van der Waals surface area contributed by atoms with Crippen molar-refractivity contribution in [1.82, 2.24) is 44.1 Å². The number of aldehydes is 1. The number of furan rings is 2. The van der Waals surface area contributed by atoms with E-state index < -0.39 is 24.4 Å². The monoisotopic (exact) mass is 1060 g/mol. The third kappa shape index (κ3) is 16.2. The summed E-state index contributed by atoms with van der Waals surface area (Å²) >= 11 is 0. The molecule has 1 aliphatic carbocycles. The fraction of sp³-hybridized carbons (Fsp3) is 0.254. The van der Waals surface area contributed by atoms with E-state index >= 15 is 0 Å². The molecule has 0 unspecified atom stereocenters. The number of aromatic nitrogens is 8. The van der Waals surface area contributed by atoms with Crippen LogP contribution in [-0.2, 0) is 35.2 Å². The van der Waals surface area contributed by atoms with Crippen LogP contribution in [0.3, 0.4) is 0 Å². The van der Waals surface area contributed by atoms with Gasteiger partial charge < -0.3 is 18.5 Å². The van der Waals surface area contributed by atoms with Crippen molar-refractivity contribution in [1.29, 1.82) is 0 Å². The molecule has 404 valence electrons. The summed E-state index contributed by atoms with van der Waals surface area (Å²) in [5, 5.41) is 16.8. The molecule has 11 rings (SSSR count). The molecule has 0 saturated carbocycles. The van der Waals surface area contributed by atoms with Gasteiger partial charge in [0.25, 0.3) is 5.91 Å². The van der Waals surface area contributed by atoms with Gasteiger partial charge in [-0.15, -0.1) is 20.4 Å². The molecule has 0 N–H and O–H groups in total. The van der Waals surface area contributed by atoms with E-state index in [2.05, 4.69) is 42.5 Å². The highest BCUT2D eigenvalue weighted by Gasteiger charge is 2.25. The van der Waals surface area contributed by atoms with Gasteiger partial charge in [-0.3, -0.25) is 18.4 Å². The maximum atomic E-state index is 12.7. The summed E-state index contributed by atoms with van der Waals surface area (Å²) in [5.74, 6) is 2.55. The fourth-order valence-electron chi connectivity index (χ4n) is 8.23. The van der Waals surface area contributed by atoms with E-state index in [0.717, 1.165) is 102 Å². The first kappa shape index (κ1) is 56.6. The fourth-order valence-corrected chi connectivity index (χ4v) is 8.23. The van der Waals surface area contributed by atoms with E-state index in [0.29, 0.717) is 31.1 Å². The second-order valence-corrected chi connectivity index (χ2v) is 17.0. The van der Waals surface area contributed by atoms with Crippen molar-refractivity contribution in [3.63, 3.8) is 0 Å². The quantitative estimate of drug-likeness (QED) is 0.0675. The van der Waals surface area contributed by atoms with Crippen molar-refractivity contribution in [3.8, 4) is 0 Å². The van der Waals surface area contributed by atoms with Gasteiger partial charge >= 0.3 is 18.1 Å². The number of nitrogens with zero attached hydrogens (tertiary/aromatic N) is 9. The standard InChI is InChI=1S/C23H21N5O2.C17H18N4O.C14H10O3.C2HF3O.C2H6.CH4/c29-23(18-5-2-1-3-6-18)27-12-10-17(11-13-27)20-15-24-21(28-16-25-26-22(20)28)9-8-19-7-4-14-30-19;1-2-5-13(6-3-1)15-11-18-16(21-12-19-20-17(15)21)9-8-14-7-4-10-22-14;15-13(11-7-3-1-4-8-11)17-14(16)12-9-5-2-6-10-12;3-2(4,5)1-6;1-2;/h1-7,10,14-16H,8-9,11-13H2;4-5,7,10-12H,1-3,6,8-9H2;1-10H;1H;1-2H3;1H4/i;;;;1D;. The first-order valence-electron chi connectivity index (χ1n) is 25.5. The molecule has 0 spiro atoms. The molecule has 1 amide bonds. The molecular formula is C59H60F3N9O7. The summed E-state index contributed by atoms with van der Waals surface area (Å²) < 4.78 is 57.0. The zero-order valence-corrected chi connectivity index (χ0v) is 42.2. The number of hydrogen-bond acceptors (Lipinski definition) is 13. The van der Waals surface area contributed by atoms with Crippen molar-refractivity contribution < 1.29 is 47.3 Å². The lowest BCUT2D eigenvalue weighted by atomic mass is 9.95. The lowest BCUT2D eigenvalue weighted by Gasteiger charge is -2.26. The molecule has 0 atom stereocenters. The van der Waals surface area contributed by atoms with Crippen molar-refractivity contribution in [2.24, 2.45) is 0 Å². The summed E-state index contributed by atoms with van der Waals surface area (Å²) in [6.45, 7) is 3.53. The first-order chi connectivity index (χ1) is 38.0. The lowest BCUT2D eigenvalue weighted by molar-refractivity contribution is -0.156. The summed E-state index contributed by atoms with van der Waals surface area (Å²) in [5.41, 5.74) is 7.75. The first-order valence-corrected chi connectivity index (χ1v) is 24.8. The smallest absolute Gasteiger partial charge is 0.446 e. The van der Waals surface area contributed by atoms with Gasteiger partial charge in [-0.1, -0.05) is 88.0 Å². The minimum Gasteiger partial charge on any atom is -0.469 e. The maximum absolute atomic E-state index is 12.7. The molecule has 19 heteroatoms. The van der Waals surface area contributed by atoms with Gasteiger partial charge in [-0.25, -0.2) is 19.6 Å². The zero-order chi connectivity index (χ0) is 55.1. The number of allylic oxidation sites excluding steroid dienone is 2. The Morgan fingerprint density at radius 2 is 1.12 bits per heavy atom. The molecule has 7 heterocycles. The third-order valence-electron chi connectivity index (χ3n) is 12.0. The minimum absolute atomic E-state index is 0. The lowest BCUT2D eigenvalue weighted by Crippen LogP contribution is -2.34. The molecule has 1 aliphatic heterocycles. The second-order valence-electron chi connectivity index (χ2n) is 17.0. The van der Waals surface area contributed by atoms with Gasteiger partial charge in [0.05, 0.1) is 23.7 Å². The summed E-state index contributed by atoms with van der Waals surface area (Å²) in [6.07, 6.45) is 18.1. The number of ether oxygens (including phenoxy) is 1. The van der Waals surface area contributed by atoms with E-state index in [1.54, 1.807) is 92.8 Å². The van der Waals surface area contributed by atoms with E-state index in [9.17, 15) is 27.6 Å². The maximum Gasteiger partial charge on any atom is 0.446 e. The Hall–Kier alpha value is -9.13. The number of amides is 1. The van der Waals surface area contributed by atoms with Crippen LogP contribution in [-0.4, -0.2) is 87.5 Å². The molecule has 0 saturated heterocycles. The highest BCUT2D eigenvalue weighted by Crippen LogP contribution is 2.29. The number of alkyl halides is 3. The SMILES string of the molecule is C.C1=C(c2cnc(CCc3ccco3)n3cnnc23)CCCC1.O=C(OC(=O)c1ccccc1)c1ccccc1.O=C(c1ccccc1)N1CC=C(c2cnc(CCc3ccco3)n3cnnc23)CC1.O=CC(F)(F)F.[2H]CC. The second kappa shape index (κ2) is 29.2. The molecule has 3 aromatic carbocycles. The Labute approximate surface area is 450 Å². The van der Waals surface area contributed by atoms with E-state index in [4.69, 9.17) is 19.7 Å². The molecule has 0 fully saturated rings. The molecule has 16 nitrogen and oxygen atoms in total. The predicted molar refractivity (Wildman–Crippen MR) is 288 cm³/mol. The average Bonchev–Trinajstić information content (AvgIpc) is 4.38. The van der Waals surface area contributed by atoms with Crippen molar-refractivity contribution in [2.45, 2.75) is 85.2 Å². The summed E-state index contributed by atoms with van der Waals surface area (Å²) in [6, 6.07) is 34.0. The Kier molecular flexibility index (Phi) is 21.2. The minimum atomic E-state index is -4.64. The molecule has 6 aromatic heterocycles. The number of esters is 2. The molecule has 2 aliphatic rings. The number of carbonyl (C=O) groups is 4. The van der Waals surface area contributed by atoms with Crippen LogP contribution < -0.4 is 0 Å². The normalized spacial score (nSPS) is 12.9. The summed E-state index contributed by atoms with van der Waals surface area (Å²) in [7, 11) is 0. The van der Waals surface area contributed by atoms with Crippen LogP contribution in [0.1, 0.15) is 120 Å². The van der Waals surface area contributed by atoms with Gasteiger partial charge in [0.1, 0.15) is 35.8 Å². The highest BCUT2D eigenvalue weighted by molar-refractivity contribution is 6.02. The average molecular weight is 1070 g/mol. The van der Waals surface area contributed by atoms with Gasteiger partial charge in [-0.05, 0) is 104 Å². The van der Waals surface area contributed by atoms with Crippen LogP contribution >= 0.6 is 0 Å².